The van der Waals surface area contributed by atoms with Crippen LogP contribution >= 0.6 is 0 Å². The molecular weight excluding hydrogens is 619 g/mol. The van der Waals surface area contributed by atoms with Gasteiger partial charge in [0.1, 0.15) is 43.6 Å². The van der Waals surface area contributed by atoms with E-state index in [-0.39, 0.29) is 13.0 Å². The molecule has 47 heavy (non-hydrogen) atoms. The number of nitrogens with one attached hydrogen (secondary N) is 3. The molecule has 4 rings (SSSR count). The van der Waals surface area contributed by atoms with Crippen molar-refractivity contribution in [1.82, 2.24) is 20.2 Å². The molecule has 0 radical (unpaired) electrons. The number of amides is 2. The maximum Gasteiger partial charge on any atom is 0.408 e. The highest BCUT2D eigenvalue weighted by Crippen LogP contribution is 2.28. The lowest BCUT2D eigenvalue weighted by Crippen LogP contribution is -2.54. The van der Waals surface area contributed by atoms with Crippen LogP contribution in [0.1, 0.15) is 37.6 Å². The first-order valence-corrected chi connectivity index (χ1v) is 15.0. The Hall–Kier alpha value is -4.86. The molecular formula is C32H37FN4O10. The van der Waals surface area contributed by atoms with Gasteiger partial charge < -0.3 is 35.1 Å². The molecule has 5 N–H and O–H groups in total. The van der Waals surface area contributed by atoms with Crippen molar-refractivity contribution in [2.75, 3.05) is 6.61 Å². The van der Waals surface area contributed by atoms with Gasteiger partial charge in [0.05, 0.1) is 6.20 Å². The van der Waals surface area contributed by atoms with Crippen LogP contribution in [0.3, 0.4) is 0 Å². The van der Waals surface area contributed by atoms with Crippen LogP contribution in [0.2, 0.25) is 0 Å². The van der Waals surface area contributed by atoms with E-state index >= 15 is 0 Å². The van der Waals surface area contributed by atoms with Gasteiger partial charge >= 0.3 is 17.8 Å². The van der Waals surface area contributed by atoms with Gasteiger partial charge in [-0.3, -0.25) is 19.1 Å². The van der Waals surface area contributed by atoms with Gasteiger partial charge in [0, 0.05) is 6.42 Å². The molecule has 1 aromatic heterocycles. The molecule has 15 heteroatoms. The molecule has 2 heterocycles. The van der Waals surface area contributed by atoms with E-state index in [0.29, 0.717) is 17.2 Å². The molecule has 1 fully saturated rings. The van der Waals surface area contributed by atoms with Crippen molar-refractivity contribution in [3.63, 3.8) is 0 Å². The fourth-order valence-electron chi connectivity index (χ4n) is 4.89. The molecule has 1 saturated heterocycles. The van der Waals surface area contributed by atoms with Crippen molar-refractivity contribution in [1.29, 1.82) is 0 Å². The van der Waals surface area contributed by atoms with Crippen LogP contribution in [-0.2, 0) is 36.8 Å². The highest BCUT2D eigenvalue weighted by molar-refractivity contribution is 5.90. The first-order valence-electron chi connectivity index (χ1n) is 15.0. The van der Waals surface area contributed by atoms with Gasteiger partial charge in [0.2, 0.25) is 11.7 Å². The monoisotopic (exact) mass is 656 g/mol. The number of aliphatic hydroxyl groups excluding tert-OH is 2. The second-order valence-electron chi connectivity index (χ2n) is 11.1. The van der Waals surface area contributed by atoms with Gasteiger partial charge in [-0.25, -0.2) is 14.4 Å². The van der Waals surface area contributed by atoms with Gasteiger partial charge in [0.25, 0.3) is 5.56 Å². The second kappa shape index (κ2) is 16.1. The van der Waals surface area contributed by atoms with E-state index in [4.69, 9.17) is 14.2 Å². The Morgan fingerprint density at radius 3 is 2.26 bits per heavy atom. The molecule has 2 amide bonds. The van der Waals surface area contributed by atoms with Crippen molar-refractivity contribution in [3.05, 3.63) is 105 Å². The van der Waals surface area contributed by atoms with E-state index in [1.165, 1.54) is 0 Å². The highest BCUT2D eigenvalue weighted by Gasteiger charge is 2.45. The van der Waals surface area contributed by atoms with Crippen molar-refractivity contribution in [3.8, 4) is 0 Å². The van der Waals surface area contributed by atoms with E-state index in [0.717, 1.165) is 11.1 Å². The molecule has 3 aromatic rings. The number of rotatable bonds is 13. The minimum atomic E-state index is -1.74. The van der Waals surface area contributed by atoms with Crippen LogP contribution in [0, 0.1) is 11.7 Å². The molecule has 252 valence electrons. The molecule has 2 aromatic carbocycles. The van der Waals surface area contributed by atoms with Gasteiger partial charge in [-0.05, 0) is 17.0 Å². The lowest BCUT2D eigenvalue weighted by atomic mass is 9.98. The number of carbonyl (C=O) groups excluding carboxylic acids is 3. The molecule has 0 saturated carbocycles. The van der Waals surface area contributed by atoms with Crippen LogP contribution in [0.4, 0.5) is 9.18 Å². The smallest absolute Gasteiger partial charge is 0.408 e. The van der Waals surface area contributed by atoms with E-state index in [1.54, 1.807) is 73.4 Å². The fourth-order valence-corrected chi connectivity index (χ4v) is 4.89. The molecule has 1 aliphatic rings. The Labute approximate surface area is 268 Å². The zero-order valence-electron chi connectivity index (χ0n) is 25.7. The molecule has 0 bridgehead atoms. The van der Waals surface area contributed by atoms with Gasteiger partial charge in [-0.15, -0.1) is 0 Å². The van der Waals surface area contributed by atoms with Crippen LogP contribution in [0.15, 0.2) is 76.4 Å². The summed E-state index contributed by atoms with van der Waals surface area (Å²) in [7, 11) is 0. The number of carbonyl (C=O) groups is 3. The molecule has 0 aliphatic carbocycles. The summed E-state index contributed by atoms with van der Waals surface area (Å²) in [6.07, 6.45) is -6.12. The molecule has 0 spiro atoms. The SMILES string of the molecule is CC[C@H](C)[C@H](NC(=O)[C@H](Cc1ccccc1)NC(=O)OCc1ccccc1)C(=O)OC[C@@H]1O[C@H](n2cc(F)c(=O)[nH]c2=O)C(O)C1O. The molecule has 2 unspecified atom stereocenters. The number of esters is 1. The zero-order chi connectivity index (χ0) is 34.1. The first-order chi connectivity index (χ1) is 22.5. The summed E-state index contributed by atoms with van der Waals surface area (Å²) in [4.78, 5) is 64.8. The van der Waals surface area contributed by atoms with Crippen LogP contribution in [0.25, 0.3) is 0 Å². The number of benzene rings is 2. The largest absolute Gasteiger partial charge is 0.461 e. The number of halogens is 1. The van der Waals surface area contributed by atoms with Gasteiger partial charge in [-0.1, -0.05) is 80.9 Å². The number of H-pyrrole nitrogens is 1. The molecule has 1 aliphatic heterocycles. The predicted octanol–water partition coefficient (Wildman–Crippen LogP) is 0.907. The number of ether oxygens (including phenoxy) is 3. The third-order valence-electron chi connectivity index (χ3n) is 7.79. The first kappa shape index (κ1) is 35.0. The third kappa shape index (κ3) is 9.12. The summed E-state index contributed by atoms with van der Waals surface area (Å²) < 4.78 is 30.6. The van der Waals surface area contributed by atoms with Crippen molar-refractivity contribution < 1.29 is 43.2 Å². The lowest BCUT2D eigenvalue weighted by Gasteiger charge is -2.26. The van der Waals surface area contributed by atoms with Crippen LogP contribution < -0.4 is 21.9 Å². The predicted molar refractivity (Wildman–Crippen MR) is 163 cm³/mol. The van der Waals surface area contributed by atoms with Gasteiger partial charge in [-0.2, -0.15) is 4.39 Å². The number of hydrogen-bond acceptors (Lipinski definition) is 10. The van der Waals surface area contributed by atoms with E-state index < -0.39 is 84.2 Å². The minimum absolute atomic E-state index is 0.0232. The Bertz CT molecular complexity index is 1630. The topological polar surface area (TPSA) is 198 Å². The lowest BCUT2D eigenvalue weighted by molar-refractivity contribution is -0.155. The van der Waals surface area contributed by atoms with Crippen molar-refractivity contribution in [2.24, 2.45) is 5.92 Å². The van der Waals surface area contributed by atoms with Gasteiger partial charge in [0.15, 0.2) is 6.23 Å². The maximum atomic E-state index is 13.8. The Balaban J connectivity index is 1.42. The van der Waals surface area contributed by atoms with Crippen molar-refractivity contribution >= 4 is 18.0 Å². The van der Waals surface area contributed by atoms with Crippen LogP contribution in [0.5, 0.6) is 0 Å². The van der Waals surface area contributed by atoms with E-state index in [1.807, 2.05) is 6.07 Å². The average Bonchev–Trinajstić information content (AvgIpc) is 3.35. The zero-order valence-corrected chi connectivity index (χ0v) is 25.7. The normalized spacial score (nSPS) is 20.9. The van der Waals surface area contributed by atoms with Crippen molar-refractivity contribution in [2.45, 2.75) is 69.9 Å². The quantitative estimate of drug-likeness (QED) is 0.165. The fraction of sp³-hybridized carbons (Fsp3) is 0.406. The standard InChI is InChI=1S/C32H37FN4O10/c1-3-18(2)24(30(42)45-17-23-25(38)26(39)29(47-23)37-15-21(33)27(40)36-31(37)43)35-28(41)22(14-19-10-6-4-7-11-19)34-32(44)46-16-20-12-8-5-9-13-20/h4-13,15,18,22-26,29,38-39H,3,14,16-17H2,1-2H3,(H,34,44)(H,35,41)(H,36,40,43)/t18-,22-,23-,24-,25?,26?,29-/m0/s1. The third-order valence-corrected chi connectivity index (χ3v) is 7.79. The molecule has 7 atom stereocenters. The summed E-state index contributed by atoms with van der Waals surface area (Å²) in [5.41, 5.74) is -0.874. The Kier molecular flexibility index (Phi) is 12.0. The van der Waals surface area contributed by atoms with E-state index in [9.17, 15) is 38.6 Å². The van der Waals surface area contributed by atoms with E-state index in [2.05, 4.69) is 10.6 Å². The summed E-state index contributed by atoms with van der Waals surface area (Å²) in [6, 6.07) is 15.6. The van der Waals surface area contributed by atoms with Crippen LogP contribution in [-0.4, -0.2) is 74.7 Å². The number of nitrogens with zero attached hydrogens (tertiary/aromatic N) is 1. The number of hydrogen-bond donors (Lipinski definition) is 5. The summed E-state index contributed by atoms with van der Waals surface area (Å²) in [5.74, 6) is -3.33. The average molecular weight is 657 g/mol. The summed E-state index contributed by atoms with van der Waals surface area (Å²) >= 11 is 0. The maximum absolute atomic E-state index is 13.8. The number of aromatic amines is 1. The number of alkyl carbamates (subject to hydrolysis) is 1. The summed E-state index contributed by atoms with van der Waals surface area (Å²) in [5, 5.41) is 26.2. The summed E-state index contributed by atoms with van der Waals surface area (Å²) in [6.45, 7) is 2.88. The molecule has 14 nitrogen and oxygen atoms in total. The minimum Gasteiger partial charge on any atom is -0.461 e. The second-order valence-corrected chi connectivity index (χ2v) is 11.1. The Morgan fingerprint density at radius 1 is 0.979 bits per heavy atom. The number of aromatic nitrogens is 2. The number of aliphatic hydroxyl groups is 2. The Morgan fingerprint density at radius 2 is 1.62 bits per heavy atom. The highest BCUT2D eigenvalue weighted by atomic mass is 19.1.